The van der Waals surface area contributed by atoms with Crippen molar-refractivity contribution < 1.29 is 9.18 Å². The topological polar surface area (TPSA) is 55.1 Å². The second-order valence-corrected chi connectivity index (χ2v) is 4.81. The van der Waals surface area contributed by atoms with Crippen LogP contribution in [0.25, 0.3) is 0 Å². The van der Waals surface area contributed by atoms with E-state index in [1.165, 1.54) is 12.1 Å². The van der Waals surface area contributed by atoms with Gasteiger partial charge in [0.05, 0.1) is 10.0 Å². The molecule has 1 aromatic carbocycles. The Balaban J connectivity index is 2.74. The Kier molecular flexibility index (Phi) is 5.50. The molecule has 0 aliphatic carbocycles. The predicted octanol–water partition coefficient (Wildman–Crippen LogP) is 2.66. The molecule has 3 N–H and O–H groups in total. The van der Waals surface area contributed by atoms with Gasteiger partial charge in [0.2, 0.25) is 0 Å². The fraction of sp³-hybridized carbons (Fsp3) is 0.333. The highest BCUT2D eigenvalue weighted by atomic mass is 35.5. The first-order valence-corrected chi connectivity index (χ1v) is 6.26. The summed E-state index contributed by atoms with van der Waals surface area (Å²) in [6.45, 7) is 1.92. The molecule has 18 heavy (non-hydrogen) atoms. The quantitative estimate of drug-likeness (QED) is 0.819. The smallest absolute Gasteiger partial charge is 0.251 e. The summed E-state index contributed by atoms with van der Waals surface area (Å²) < 4.78 is 13.0. The number of amides is 1. The monoisotopic (exact) mass is 288 g/mol. The molecule has 1 unspecified atom stereocenters. The largest absolute Gasteiger partial charge is 0.393 e. The second-order valence-electron chi connectivity index (χ2n) is 3.88. The van der Waals surface area contributed by atoms with E-state index in [9.17, 15) is 9.18 Å². The van der Waals surface area contributed by atoms with E-state index in [4.69, 9.17) is 29.6 Å². The van der Waals surface area contributed by atoms with E-state index < -0.39 is 5.82 Å². The van der Waals surface area contributed by atoms with Crippen LogP contribution in [0.2, 0.25) is 5.02 Å². The molecule has 1 rings (SSSR count). The van der Waals surface area contributed by atoms with Gasteiger partial charge in [0.15, 0.2) is 0 Å². The predicted molar refractivity (Wildman–Crippen MR) is 74.4 cm³/mol. The van der Waals surface area contributed by atoms with E-state index in [0.717, 1.165) is 6.07 Å². The first-order chi connectivity index (χ1) is 8.43. The second kappa shape index (κ2) is 6.66. The lowest BCUT2D eigenvalue weighted by Crippen LogP contribution is -2.37. The zero-order valence-electron chi connectivity index (χ0n) is 9.87. The van der Waals surface area contributed by atoms with Crippen LogP contribution in [0.4, 0.5) is 4.39 Å². The Morgan fingerprint density at radius 3 is 2.78 bits per heavy atom. The maximum Gasteiger partial charge on any atom is 0.251 e. The number of halogens is 2. The molecular weight excluding hydrogens is 275 g/mol. The molecule has 0 aromatic heterocycles. The van der Waals surface area contributed by atoms with Crippen molar-refractivity contribution in [2.24, 2.45) is 5.73 Å². The number of carbonyl (C=O) groups excluding carboxylic acids is 1. The number of carbonyl (C=O) groups is 1. The SMILES string of the molecule is CCC(CC(N)=S)NC(=O)c1ccc(F)c(Cl)c1. The van der Waals surface area contributed by atoms with E-state index in [1.54, 1.807) is 0 Å². The molecule has 98 valence electrons. The van der Waals surface area contributed by atoms with Crippen molar-refractivity contribution >= 4 is 34.7 Å². The van der Waals surface area contributed by atoms with Crippen LogP contribution >= 0.6 is 23.8 Å². The number of hydrogen-bond donors (Lipinski definition) is 2. The van der Waals surface area contributed by atoms with Crippen LogP contribution in [0.15, 0.2) is 18.2 Å². The van der Waals surface area contributed by atoms with Crippen LogP contribution in [0, 0.1) is 5.82 Å². The van der Waals surface area contributed by atoms with E-state index in [1.807, 2.05) is 6.92 Å². The highest BCUT2D eigenvalue weighted by molar-refractivity contribution is 7.80. The summed E-state index contributed by atoms with van der Waals surface area (Å²) in [6, 6.07) is 3.70. The van der Waals surface area contributed by atoms with Gasteiger partial charge in [0, 0.05) is 18.0 Å². The van der Waals surface area contributed by atoms with Crippen LogP contribution < -0.4 is 11.1 Å². The Bertz CT molecular complexity index is 467. The van der Waals surface area contributed by atoms with Crippen molar-refractivity contribution in [3.63, 3.8) is 0 Å². The Hall–Kier alpha value is -1.20. The Morgan fingerprint density at radius 1 is 1.61 bits per heavy atom. The van der Waals surface area contributed by atoms with Crippen LogP contribution in [0.3, 0.4) is 0 Å². The molecule has 0 bridgehead atoms. The van der Waals surface area contributed by atoms with Crippen molar-refractivity contribution in [2.45, 2.75) is 25.8 Å². The van der Waals surface area contributed by atoms with Crippen LogP contribution in [0.5, 0.6) is 0 Å². The highest BCUT2D eigenvalue weighted by Gasteiger charge is 2.14. The average molecular weight is 289 g/mol. The zero-order chi connectivity index (χ0) is 13.7. The maximum absolute atomic E-state index is 13.0. The standard InChI is InChI=1S/C12H14ClFN2OS/c1-2-8(6-11(15)18)16-12(17)7-3-4-10(14)9(13)5-7/h3-5,8H,2,6H2,1H3,(H2,15,18)(H,16,17). The number of hydrogen-bond acceptors (Lipinski definition) is 2. The molecule has 1 amide bonds. The molecule has 0 heterocycles. The molecule has 0 saturated heterocycles. The summed E-state index contributed by atoms with van der Waals surface area (Å²) in [4.78, 5) is 12.2. The van der Waals surface area contributed by atoms with Crippen molar-refractivity contribution in [3.05, 3.63) is 34.6 Å². The maximum atomic E-state index is 13.0. The number of benzene rings is 1. The summed E-state index contributed by atoms with van der Waals surface area (Å²) >= 11 is 10.4. The van der Waals surface area contributed by atoms with Gasteiger partial charge in [-0.25, -0.2) is 4.39 Å². The lowest BCUT2D eigenvalue weighted by molar-refractivity contribution is 0.0937. The molecular formula is C12H14ClFN2OS. The molecule has 0 radical (unpaired) electrons. The van der Waals surface area contributed by atoms with Crippen molar-refractivity contribution in [3.8, 4) is 0 Å². The summed E-state index contributed by atoms with van der Waals surface area (Å²) in [6.07, 6.45) is 1.14. The third-order valence-electron chi connectivity index (χ3n) is 2.46. The first-order valence-electron chi connectivity index (χ1n) is 5.48. The van der Waals surface area contributed by atoms with Gasteiger partial charge in [-0.2, -0.15) is 0 Å². The van der Waals surface area contributed by atoms with Crippen LogP contribution in [-0.4, -0.2) is 16.9 Å². The normalized spacial score (nSPS) is 11.9. The fourth-order valence-electron chi connectivity index (χ4n) is 1.45. The Labute approximate surface area is 115 Å². The van der Waals surface area contributed by atoms with Crippen molar-refractivity contribution in [2.75, 3.05) is 0 Å². The minimum atomic E-state index is -0.552. The van der Waals surface area contributed by atoms with Gasteiger partial charge in [-0.1, -0.05) is 30.7 Å². The average Bonchev–Trinajstić information content (AvgIpc) is 2.31. The summed E-state index contributed by atoms with van der Waals surface area (Å²) in [5.41, 5.74) is 5.74. The van der Waals surface area contributed by atoms with Gasteiger partial charge in [0.1, 0.15) is 5.82 Å². The molecule has 6 heteroatoms. The number of nitrogens with two attached hydrogens (primary N) is 1. The number of nitrogens with one attached hydrogen (secondary N) is 1. The number of thiocarbonyl (C=S) groups is 1. The minimum Gasteiger partial charge on any atom is -0.393 e. The van der Waals surface area contributed by atoms with Gasteiger partial charge < -0.3 is 11.1 Å². The van der Waals surface area contributed by atoms with Crippen molar-refractivity contribution in [1.82, 2.24) is 5.32 Å². The molecule has 0 spiro atoms. The molecule has 0 aliphatic rings. The van der Waals surface area contributed by atoms with Crippen LogP contribution in [-0.2, 0) is 0 Å². The molecule has 1 aromatic rings. The lowest BCUT2D eigenvalue weighted by atomic mass is 10.1. The summed E-state index contributed by atoms with van der Waals surface area (Å²) in [5.74, 6) is -0.872. The van der Waals surface area contributed by atoms with Gasteiger partial charge in [-0.15, -0.1) is 0 Å². The lowest BCUT2D eigenvalue weighted by Gasteiger charge is -2.16. The molecule has 0 fully saturated rings. The highest BCUT2D eigenvalue weighted by Crippen LogP contribution is 2.16. The fourth-order valence-corrected chi connectivity index (χ4v) is 1.83. The van der Waals surface area contributed by atoms with E-state index in [-0.39, 0.29) is 17.0 Å². The van der Waals surface area contributed by atoms with Gasteiger partial charge in [-0.05, 0) is 24.6 Å². The summed E-state index contributed by atoms with van der Waals surface area (Å²) in [5, 5.41) is 2.69. The molecule has 3 nitrogen and oxygen atoms in total. The zero-order valence-corrected chi connectivity index (χ0v) is 11.4. The third-order valence-corrected chi connectivity index (χ3v) is 2.91. The Morgan fingerprint density at radius 2 is 2.28 bits per heavy atom. The van der Waals surface area contributed by atoms with Crippen molar-refractivity contribution in [1.29, 1.82) is 0 Å². The van der Waals surface area contributed by atoms with E-state index in [0.29, 0.717) is 23.4 Å². The molecule has 0 saturated carbocycles. The van der Waals surface area contributed by atoms with Gasteiger partial charge in [-0.3, -0.25) is 4.79 Å². The summed E-state index contributed by atoms with van der Waals surface area (Å²) in [7, 11) is 0. The van der Waals surface area contributed by atoms with Gasteiger partial charge >= 0.3 is 0 Å². The minimum absolute atomic E-state index is 0.0787. The first kappa shape index (κ1) is 14.9. The number of rotatable bonds is 5. The molecule has 0 aliphatic heterocycles. The van der Waals surface area contributed by atoms with Crippen LogP contribution in [0.1, 0.15) is 30.1 Å². The molecule has 1 atom stereocenters. The van der Waals surface area contributed by atoms with E-state index >= 15 is 0 Å². The van der Waals surface area contributed by atoms with E-state index in [2.05, 4.69) is 5.32 Å². The third kappa shape index (κ3) is 4.23. The van der Waals surface area contributed by atoms with Gasteiger partial charge in [0.25, 0.3) is 5.91 Å².